The van der Waals surface area contributed by atoms with Gasteiger partial charge in [0.1, 0.15) is 18.1 Å². The zero-order valence-electron chi connectivity index (χ0n) is 19.2. The van der Waals surface area contributed by atoms with Crippen LogP contribution in [0.4, 0.5) is 18.9 Å². The van der Waals surface area contributed by atoms with Crippen LogP contribution in [-0.4, -0.2) is 27.3 Å². The number of alkyl halides is 3. The Labute approximate surface area is 212 Å². The molecule has 0 atom stereocenters. The number of aryl methyl sites for hydroxylation is 1. The molecule has 0 radical (unpaired) electrons. The first-order valence-electron chi connectivity index (χ1n) is 10.7. The maximum atomic E-state index is 13.4. The average Bonchev–Trinajstić information content (AvgIpc) is 3.10. The Morgan fingerprint density at radius 1 is 1.17 bits per heavy atom. The maximum absolute atomic E-state index is 13.4. The van der Waals surface area contributed by atoms with Gasteiger partial charge in [0.05, 0.1) is 46.3 Å². The summed E-state index contributed by atoms with van der Waals surface area (Å²) in [6.07, 6.45) is -4.71. The average molecular weight is 558 g/mol. The summed E-state index contributed by atoms with van der Waals surface area (Å²) in [6, 6.07) is 14.0. The van der Waals surface area contributed by atoms with Gasteiger partial charge in [-0.05, 0) is 62.4 Å². The fourth-order valence-corrected chi connectivity index (χ4v) is 4.04. The molecule has 11 heteroatoms. The molecule has 0 spiro atoms. The van der Waals surface area contributed by atoms with Gasteiger partial charge in [0.2, 0.25) is 0 Å². The Morgan fingerprint density at radius 3 is 2.56 bits per heavy atom. The largest absolute Gasteiger partial charge is 0.492 e. The SMILES string of the molecule is Cc1nn(CCOc2ccc(C#N)cc2)c(C)c1NC(=O)c1cc(C(F)(F)F)nc2ccc(Br)cc12. The highest BCUT2D eigenvalue weighted by Crippen LogP contribution is 2.32. The van der Waals surface area contributed by atoms with E-state index in [9.17, 15) is 18.0 Å². The fourth-order valence-electron chi connectivity index (χ4n) is 3.68. The topological polar surface area (TPSA) is 92.8 Å². The highest BCUT2D eigenvalue weighted by Gasteiger charge is 2.34. The fraction of sp³-hybridized carbons (Fsp3) is 0.200. The van der Waals surface area contributed by atoms with Crippen LogP contribution in [0.1, 0.15) is 33.0 Å². The van der Waals surface area contributed by atoms with Crippen molar-refractivity contribution in [1.82, 2.24) is 14.8 Å². The zero-order valence-corrected chi connectivity index (χ0v) is 20.7. The van der Waals surface area contributed by atoms with E-state index in [1.807, 2.05) is 6.07 Å². The van der Waals surface area contributed by atoms with Crippen molar-refractivity contribution in [2.75, 3.05) is 11.9 Å². The predicted octanol–water partition coefficient (Wildman–Crippen LogP) is 6.03. The molecule has 2 heterocycles. The van der Waals surface area contributed by atoms with Crippen LogP contribution in [0.15, 0.2) is 53.0 Å². The molecule has 2 aromatic heterocycles. The summed E-state index contributed by atoms with van der Waals surface area (Å²) in [5.41, 5.74) is 0.831. The molecule has 36 heavy (non-hydrogen) atoms. The van der Waals surface area contributed by atoms with Crippen molar-refractivity contribution in [2.24, 2.45) is 0 Å². The molecule has 184 valence electrons. The lowest BCUT2D eigenvalue weighted by atomic mass is 10.1. The second-order valence-corrected chi connectivity index (χ2v) is 8.84. The number of halogens is 4. The molecule has 4 aromatic rings. The van der Waals surface area contributed by atoms with Gasteiger partial charge in [-0.3, -0.25) is 9.48 Å². The lowest BCUT2D eigenvalue weighted by molar-refractivity contribution is -0.140. The van der Waals surface area contributed by atoms with Gasteiger partial charge in [-0.2, -0.15) is 23.5 Å². The van der Waals surface area contributed by atoms with E-state index < -0.39 is 17.8 Å². The number of hydrogen-bond acceptors (Lipinski definition) is 5. The smallest absolute Gasteiger partial charge is 0.433 e. The number of carbonyl (C=O) groups is 1. The molecular weight excluding hydrogens is 539 g/mol. The van der Waals surface area contributed by atoms with E-state index in [0.29, 0.717) is 39.4 Å². The summed E-state index contributed by atoms with van der Waals surface area (Å²) in [6.45, 7) is 4.09. The number of fused-ring (bicyclic) bond motifs is 1. The van der Waals surface area contributed by atoms with Gasteiger partial charge in [-0.1, -0.05) is 15.9 Å². The summed E-state index contributed by atoms with van der Waals surface area (Å²) < 4.78 is 48.2. The van der Waals surface area contributed by atoms with Gasteiger partial charge in [0.15, 0.2) is 0 Å². The lowest BCUT2D eigenvalue weighted by Crippen LogP contribution is -2.17. The van der Waals surface area contributed by atoms with Gasteiger partial charge in [0.25, 0.3) is 5.91 Å². The van der Waals surface area contributed by atoms with Crippen LogP contribution < -0.4 is 10.1 Å². The number of pyridine rings is 1. The van der Waals surface area contributed by atoms with Crippen molar-refractivity contribution in [3.63, 3.8) is 0 Å². The van der Waals surface area contributed by atoms with Crippen LogP contribution in [-0.2, 0) is 12.7 Å². The van der Waals surface area contributed by atoms with E-state index in [1.54, 1.807) is 54.9 Å². The van der Waals surface area contributed by atoms with Gasteiger partial charge >= 0.3 is 6.18 Å². The standard InChI is InChI=1S/C25H19BrF3N5O2/c1-14-23(15(2)34(33-14)9-10-36-18-6-3-16(13-30)4-7-18)32-24(35)20-12-22(25(27,28)29)31-21-8-5-17(26)11-19(20)21/h3-8,11-12H,9-10H2,1-2H3,(H,32,35). The zero-order chi connectivity index (χ0) is 26.0. The summed E-state index contributed by atoms with van der Waals surface area (Å²) in [4.78, 5) is 16.9. The molecule has 2 aromatic carbocycles. The Hall–Kier alpha value is -3.91. The Morgan fingerprint density at radius 2 is 1.89 bits per heavy atom. The molecule has 0 saturated heterocycles. The minimum Gasteiger partial charge on any atom is -0.492 e. The summed E-state index contributed by atoms with van der Waals surface area (Å²) >= 11 is 3.29. The number of hydrogen-bond donors (Lipinski definition) is 1. The minimum absolute atomic E-state index is 0.0577. The minimum atomic E-state index is -4.71. The first-order valence-corrected chi connectivity index (χ1v) is 11.5. The molecule has 1 N–H and O–H groups in total. The molecule has 0 aliphatic rings. The van der Waals surface area contributed by atoms with Crippen molar-refractivity contribution in [1.29, 1.82) is 5.26 Å². The van der Waals surface area contributed by atoms with Crippen molar-refractivity contribution >= 4 is 38.4 Å². The van der Waals surface area contributed by atoms with Gasteiger partial charge in [0, 0.05) is 9.86 Å². The number of rotatable bonds is 6. The lowest BCUT2D eigenvalue weighted by Gasteiger charge is -2.13. The predicted molar refractivity (Wildman–Crippen MR) is 131 cm³/mol. The second-order valence-electron chi connectivity index (χ2n) is 7.92. The summed E-state index contributed by atoms with van der Waals surface area (Å²) in [7, 11) is 0. The third-order valence-corrected chi connectivity index (χ3v) is 5.97. The highest BCUT2D eigenvalue weighted by molar-refractivity contribution is 9.10. The second kappa shape index (κ2) is 9.99. The molecule has 7 nitrogen and oxygen atoms in total. The van der Waals surface area contributed by atoms with E-state index >= 15 is 0 Å². The quantitative estimate of drug-likeness (QED) is 0.312. The Bertz CT molecular complexity index is 1490. The number of anilines is 1. The third kappa shape index (κ3) is 5.33. The van der Waals surface area contributed by atoms with E-state index in [1.165, 1.54) is 6.07 Å². The van der Waals surface area contributed by atoms with Gasteiger partial charge in [-0.15, -0.1) is 0 Å². The maximum Gasteiger partial charge on any atom is 0.433 e. The molecule has 0 bridgehead atoms. The van der Waals surface area contributed by atoms with E-state index in [-0.39, 0.29) is 23.1 Å². The van der Waals surface area contributed by atoms with Crippen LogP contribution in [0.3, 0.4) is 0 Å². The van der Waals surface area contributed by atoms with E-state index in [2.05, 4.69) is 31.3 Å². The molecule has 4 rings (SSSR count). The van der Waals surface area contributed by atoms with Crippen LogP contribution >= 0.6 is 15.9 Å². The van der Waals surface area contributed by atoms with Crippen LogP contribution in [0, 0.1) is 25.2 Å². The summed E-state index contributed by atoms with van der Waals surface area (Å²) in [5.74, 6) is -0.106. The number of nitrogens with zero attached hydrogens (tertiary/aromatic N) is 4. The first kappa shape index (κ1) is 25.2. The molecule has 0 aliphatic heterocycles. The van der Waals surface area contributed by atoms with Gasteiger partial charge in [-0.25, -0.2) is 4.98 Å². The van der Waals surface area contributed by atoms with Crippen LogP contribution in [0.2, 0.25) is 0 Å². The van der Waals surface area contributed by atoms with E-state index in [0.717, 1.165) is 6.07 Å². The molecule has 0 fully saturated rings. The van der Waals surface area contributed by atoms with Crippen molar-refractivity contribution in [3.05, 3.63) is 81.2 Å². The van der Waals surface area contributed by atoms with E-state index in [4.69, 9.17) is 10.00 Å². The summed E-state index contributed by atoms with van der Waals surface area (Å²) in [5, 5.41) is 16.3. The Kier molecular flexibility index (Phi) is 6.99. The number of nitrogens with one attached hydrogen (secondary N) is 1. The molecule has 1 amide bonds. The number of carbonyl (C=O) groups excluding carboxylic acids is 1. The normalized spacial score (nSPS) is 11.4. The Balaban J connectivity index is 1.56. The number of nitriles is 1. The molecule has 0 saturated carbocycles. The highest BCUT2D eigenvalue weighted by atomic mass is 79.9. The van der Waals surface area contributed by atoms with Crippen LogP contribution in [0.25, 0.3) is 10.9 Å². The number of aromatic nitrogens is 3. The van der Waals surface area contributed by atoms with Crippen molar-refractivity contribution < 1.29 is 22.7 Å². The number of ether oxygens (including phenoxy) is 1. The van der Waals surface area contributed by atoms with Gasteiger partial charge < -0.3 is 10.1 Å². The third-order valence-electron chi connectivity index (χ3n) is 5.48. The number of benzene rings is 2. The van der Waals surface area contributed by atoms with Crippen LogP contribution in [0.5, 0.6) is 5.75 Å². The van der Waals surface area contributed by atoms with Crippen molar-refractivity contribution in [3.8, 4) is 11.8 Å². The monoisotopic (exact) mass is 557 g/mol. The number of amides is 1. The van der Waals surface area contributed by atoms with Crippen molar-refractivity contribution in [2.45, 2.75) is 26.6 Å². The molecule has 0 unspecified atom stereocenters. The molecular formula is C25H19BrF3N5O2. The molecule has 0 aliphatic carbocycles. The first-order chi connectivity index (χ1) is 17.1.